The summed E-state index contributed by atoms with van der Waals surface area (Å²) in [6.45, 7) is 1.82. The number of aromatic hydroxyl groups is 1. The van der Waals surface area contributed by atoms with Gasteiger partial charge in [-0.05, 0) is 24.1 Å². The van der Waals surface area contributed by atoms with Gasteiger partial charge in [0.15, 0.2) is 0 Å². The first kappa shape index (κ1) is 17.6. The highest BCUT2D eigenvalue weighted by Crippen LogP contribution is 2.19. The van der Waals surface area contributed by atoms with Crippen molar-refractivity contribution >= 4 is 18.5 Å². The van der Waals surface area contributed by atoms with E-state index in [9.17, 15) is 19.5 Å². The largest absolute Gasteiger partial charge is 0.508 e. The summed E-state index contributed by atoms with van der Waals surface area (Å²) in [7, 11) is 0. The summed E-state index contributed by atoms with van der Waals surface area (Å²) >= 11 is 0. The quantitative estimate of drug-likeness (QED) is 0.430. The lowest BCUT2D eigenvalue weighted by atomic mass is 9.93. The molecule has 0 aliphatic carbocycles. The highest BCUT2D eigenvalue weighted by Gasteiger charge is 2.18. The monoisotopic (exact) mass is 304 g/mol. The summed E-state index contributed by atoms with van der Waals surface area (Å²) in [5, 5.41) is 9.60. The molecule has 1 rings (SSSR count). The number of rotatable bonds is 9. The van der Waals surface area contributed by atoms with Gasteiger partial charge in [-0.25, -0.2) is 0 Å². The smallest absolute Gasteiger partial charge is 0.306 e. The molecule has 0 saturated carbocycles. The maximum absolute atomic E-state index is 11.8. The minimum absolute atomic E-state index is 0.0159. The number of hydrogen-bond acceptors (Lipinski definition) is 5. The Balaban J connectivity index is 2.49. The van der Waals surface area contributed by atoms with E-state index >= 15 is 0 Å². The van der Waals surface area contributed by atoms with E-state index in [4.69, 9.17) is 4.74 Å². The minimum Gasteiger partial charge on any atom is -0.508 e. The summed E-state index contributed by atoms with van der Waals surface area (Å²) in [6, 6.07) is 6.83. The molecule has 5 nitrogen and oxygen atoms in total. The summed E-state index contributed by atoms with van der Waals surface area (Å²) in [6.07, 6.45) is 3.43. The number of phenolic OH excluding ortho intramolecular Hbond substituents is 1. The fraction of sp³-hybridized carbons (Fsp3) is 0.353. The Morgan fingerprint density at radius 1 is 1.32 bits per heavy atom. The molecule has 0 saturated heterocycles. The second-order valence-corrected chi connectivity index (χ2v) is 4.81. The summed E-state index contributed by atoms with van der Waals surface area (Å²) in [4.78, 5) is 33.3. The van der Waals surface area contributed by atoms with Crippen molar-refractivity contribution in [3.63, 3.8) is 0 Å². The Labute approximate surface area is 129 Å². The SMILES string of the molecule is C/C=C(/C=O)C(CC=O)CC(=O)OCCc1ccccc1O. The fourth-order valence-electron chi connectivity index (χ4n) is 2.11. The van der Waals surface area contributed by atoms with Gasteiger partial charge in [0.1, 0.15) is 18.3 Å². The molecular formula is C17H20O5. The van der Waals surface area contributed by atoms with Crippen LogP contribution in [0.3, 0.4) is 0 Å². The molecule has 0 radical (unpaired) electrons. The van der Waals surface area contributed by atoms with Crippen LogP contribution in [0.1, 0.15) is 25.3 Å². The van der Waals surface area contributed by atoms with Gasteiger partial charge in [0.05, 0.1) is 13.0 Å². The Morgan fingerprint density at radius 2 is 2.05 bits per heavy atom. The van der Waals surface area contributed by atoms with E-state index in [1.54, 1.807) is 37.3 Å². The third-order valence-corrected chi connectivity index (χ3v) is 3.36. The first-order valence-corrected chi connectivity index (χ1v) is 7.09. The van der Waals surface area contributed by atoms with Gasteiger partial charge in [0.25, 0.3) is 0 Å². The topological polar surface area (TPSA) is 80.7 Å². The molecule has 1 unspecified atom stereocenters. The number of phenols is 1. The van der Waals surface area contributed by atoms with Gasteiger partial charge >= 0.3 is 5.97 Å². The van der Waals surface area contributed by atoms with Gasteiger partial charge in [-0.3, -0.25) is 9.59 Å². The van der Waals surface area contributed by atoms with Gasteiger partial charge in [0.2, 0.25) is 0 Å². The molecule has 118 valence electrons. The fourth-order valence-corrected chi connectivity index (χ4v) is 2.11. The average molecular weight is 304 g/mol. The zero-order valence-corrected chi connectivity index (χ0v) is 12.5. The number of carbonyl (C=O) groups excluding carboxylic acids is 3. The van der Waals surface area contributed by atoms with E-state index < -0.39 is 11.9 Å². The number of para-hydroxylation sites is 1. The molecule has 0 fully saturated rings. The molecule has 5 heteroatoms. The van der Waals surface area contributed by atoms with Crippen molar-refractivity contribution < 1.29 is 24.2 Å². The lowest BCUT2D eigenvalue weighted by Crippen LogP contribution is -2.16. The van der Waals surface area contributed by atoms with Crippen molar-refractivity contribution in [2.24, 2.45) is 5.92 Å². The number of aldehydes is 2. The Bertz CT molecular complexity index is 548. The van der Waals surface area contributed by atoms with Crippen LogP contribution in [0.4, 0.5) is 0 Å². The highest BCUT2D eigenvalue weighted by atomic mass is 16.5. The summed E-state index contributed by atoms with van der Waals surface area (Å²) in [5.41, 5.74) is 1.12. The Hall–Kier alpha value is -2.43. The van der Waals surface area contributed by atoms with E-state index in [1.807, 2.05) is 0 Å². The highest BCUT2D eigenvalue weighted by molar-refractivity contribution is 5.78. The van der Waals surface area contributed by atoms with Gasteiger partial charge in [-0.2, -0.15) is 0 Å². The second kappa shape index (κ2) is 9.50. The van der Waals surface area contributed by atoms with Crippen LogP contribution in [0.2, 0.25) is 0 Å². The van der Waals surface area contributed by atoms with Crippen molar-refractivity contribution in [3.8, 4) is 5.75 Å². The number of esters is 1. The van der Waals surface area contributed by atoms with Crippen LogP contribution in [-0.4, -0.2) is 30.3 Å². The van der Waals surface area contributed by atoms with Gasteiger partial charge in [0, 0.05) is 18.8 Å². The van der Waals surface area contributed by atoms with Crippen LogP contribution < -0.4 is 0 Å². The van der Waals surface area contributed by atoms with Crippen molar-refractivity contribution in [2.75, 3.05) is 6.61 Å². The zero-order valence-electron chi connectivity index (χ0n) is 12.5. The average Bonchev–Trinajstić information content (AvgIpc) is 2.50. The first-order chi connectivity index (χ1) is 10.6. The predicted molar refractivity (Wildman–Crippen MR) is 81.4 cm³/mol. The maximum Gasteiger partial charge on any atom is 0.306 e. The zero-order chi connectivity index (χ0) is 16.4. The van der Waals surface area contributed by atoms with E-state index in [1.165, 1.54) is 0 Å². The van der Waals surface area contributed by atoms with Gasteiger partial charge in [-0.1, -0.05) is 24.3 Å². The molecule has 1 aromatic rings. The lowest BCUT2D eigenvalue weighted by molar-refractivity contribution is -0.144. The molecule has 1 aromatic carbocycles. The molecule has 0 aliphatic rings. The number of hydrogen-bond donors (Lipinski definition) is 1. The first-order valence-electron chi connectivity index (χ1n) is 7.09. The van der Waals surface area contributed by atoms with E-state index in [0.29, 0.717) is 30.1 Å². The number of ether oxygens (including phenoxy) is 1. The second-order valence-electron chi connectivity index (χ2n) is 4.81. The lowest BCUT2D eigenvalue weighted by Gasteiger charge is -2.13. The molecule has 0 aromatic heterocycles. The van der Waals surface area contributed by atoms with Crippen LogP contribution in [-0.2, 0) is 25.5 Å². The van der Waals surface area contributed by atoms with Crippen molar-refractivity contribution in [1.29, 1.82) is 0 Å². The third kappa shape index (κ3) is 5.52. The molecule has 22 heavy (non-hydrogen) atoms. The molecular weight excluding hydrogens is 284 g/mol. The molecule has 1 N–H and O–H groups in total. The van der Waals surface area contributed by atoms with Crippen LogP contribution in [0.15, 0.2) is 35.9 Å². The standard InChI is InChI=1S/C17H20O5/c1-2-13(12-19)15(7-9-18)11-17(21)22-10-8-14-5-3-4-6-16(14)20/h2-6,9,12,15,20H,7-8,10-11H2,1H3/b13-2-. The van der Waals surface area contributed by atoms with E-state index in [0.717, 1.165) is 0 Å². The van der Waals surface area contributed by atoms with E-state index in [-0.39, 0.29) is 25.2 Å². The van der Waals surface area contributed by atoms with Crippen LogP contribution >= 0.6 is 0 Å². The molecule has 0 spiro atoms. The molecule has 0 heterocycles. The normalized spacial score (nSPS) is 12.5. The van der Waals surface area contributed by atoms with Crippen LogP contribution in [0.25, 0.3) is 0 Å². The van der Waals surface area contributed by atoms with E-state index in [2.05, 4.69) is 0 Å². The summed E-state index contributed by atoms with van der Waals surface area (Å²) < 4.78 is 5.11. The molecule has 1 atom stereocenters. The van der Waals surface area contributed by atoms with Crippen molar-refractivity contribution in [2.45, 2.75) is 26.2 Å². The maximum atomic E-state index is 11.8. The molecule has 0 aliphatic heterocycles. The number of allylic oxidation sites excluding steroid dienone is 2. The molecule has 0 amide bonds. The minimum atomic E-state index is -0.469. The van der Waals surface area contributed by atoms with Crippen LogP contribution in [0.5, 0.6) is 5.75 Å². The van der Waals surface area contributed by atoms with Crippen molar-refractivity contribution in [1.82, 2.24) is 0 Å². The Kier molecular flexibility index (Phi) is 7.61. The third-order valence-electron chi connectivity index (χ3n) is 3.36. The van der Waals surface area contributed by atoms with Crippen molar-refractivity contribution in [3.05, 3.63) is 41.5 Å². The Morgan fingerprint density at radius 3 is 2.64 bits per heavy atom. The van der Waals surface area contributed by atoms with Gasteiger partial charge < -0.3 is 14.6 Å². The molecule has 0 bridgehead atoms. The van der Waals surface area contributed by atoms with Gasteiger partial charge in [-0.15, -0.1) is 0 Å². The predicted octanol–water partition coefficient (Wildman–Crippen LogP) is 2.22. The number of carbonyl (C=O) groups is 3. The van der Waals surface area contributed by atoms with Crippen LogP contribution in [0, 0.1) is 5.92 Å². The summed E-state index contributed by atoms with van der Waals surface area (Å²) in [5.74, 6) is -0.754. The number of benzene rings is 1.